The summed E-state index contributed by atoms with van der Waals surface area (Å²) in [7, 11) is 0. The second-order valence-electron chi connectivity index (χ2n) is 3.38. The molecule has 1 aromatic rings. The van der Waals surface area contributed by atoms with Crippen LogP contribution in [0.4, 0.5) is 4.39 Å². The molecule has 1 rings (SSSR count). The second-order valence-corrected chi connectivity index (χ2v) is 3.38. The van der Waals surface area contributed by atoms with Gasteiger partial charge in [-0.1, -0.05) is 6.92 Å². The topological polar surface area (TPSA) is 12.9 Å². The van der Waals surface area contributed by atoms with Gasteiger partial charge in [0.2, 0.25) is 0 Å². The van der Waals surface area contributed by atoms with E-state index in [0.29, 0.717) is 5.69 Å². The summed E-state index contributed by atoms with van der Waals surface area (Å²) in [5, 5.41) is 0. The molecule has 1 heterocycles. The minimum atomic E-state index is -1.33. The van der Waals surface area contributed by atoms with Crippen molar-refractivity contribution < 1.29 is 4.39 Å². The van der Waals surface area contributed by atoms with E-state index in [4.69, 9.17) is 0 Å². The van der Waals surface area contributed by atoms with Crippen LogP contribution in [0.15, 0.2) is 18.3 Å². The molecule has 0 atom stereocenters. The van der Waals surface area contributed by atoms with Gasteiger partial charge < -0.3 is 0 Å². The van der Waals surface area contributed by atoms with Crippen LogP contribution in [0.2, 0.25) is 0 Å². The molecule has 0 aromatic carbocycles. The third kappa shape index (κ3) is 2.03. The average Bonchev–Trinajstić information content (AvgIpc) is 2.03. The fourth-order valence-corrected chi connectivity index (χ4v) is 1.02. The summed E-state index contributed by atoms with van der Waals surface area (Å²) in [4.78, 5) is 3.98. The van der Waals surface area contributed by atoms with Crippen molar-refractivity contribution in [3.05, 3.63) is 29.6 Å². The van der Waals surface area contributed by atoms with Gasteiger partial charge >= 0.3 is 0 Å². The Bertz CT molecular complexity index is 263. The molecule has 0 saturated heterocycles. The van der Waals surface area contributed by atoms with Crippen LogP contribution in [0.5, 0.6) is 0 Å². The molecule has 0 aliphatic heterocycles. The highest BCUT2D eigenvalue weighted by Gasteiger charge is 2.19. The van der Waals surface area contributed by atoms with Crippen LogP contribution < -0.4 is 0 Å². The molecule has 12 heavy (non-hydrogen) atoms. The van der Waals surface area contributed by atoms with Gasteiger partial charge in [-0.25, -0.2) is 4.39 Å². The van der Waals surface area contributed by atoms with Crippen LogP contribution in [0.1, 0.15) is 32.0 Å². The van der Waals surface area contributed by atoms with Crippen molar-refractivity contribution in [3.63, 3.8) is 0 Å². The normalized spacial score (nSPS) is 11.7. The molecular weight excluding hydrogens is 153 g/mol. The lowest BCUT2D eigenvalue weighted by Gasteiger charge is -2.13. The number of hydrogen-bond acceptors (Lipinski definition) is 1. The Labute approximate surface area is 72.6 Å². The molecule has 0 bridgehead atoms. The molecule has 0 amide bonds. The highest BCUT2D eigenvalue weighted by atomic mass is 19.1. The number of alkyl halides is 1. The van der Waals surface area contributed by atoms with E-state index in [1.807, 2.05) is 19.1 Å². The molecular formula is C10H14FN. The Kier molecular flexibility index (Phi) is 2.46. The maximum atomic E-state index is 13.4. The minimum absolute atomic E-state index is 0.516. The van der Waals surface area contributed by atoms with Gasteiger partial charge in [-0.15, -0.1) is 0 Å². The molecule has 0 unspecified atom stereocenters. The zero-order valence-corrected chi connectivity index (χ0v) is 7.76. The van der Waals surface area contributed by atoms with Gasteiger partial charge in [-0.05, 0) is 38.0 Å². The van der Waals surface area contributed by atoms with E-state index in [9.17, 15) is 4.39 Å². The highest BCUT2D eigenvalue weighted by Crippen LogP contribution is 2.22. The standard InChI is InChI=1S/C10H14FN/c1-4-8-5-6-12-9(7-8)10(2,3)11/h5-7H,4H2,1-3H3. The first-order chi connectivity index (χ1) is 5.54. The summed E-state index contributed by atoms with van der Waals surface area (Å²) >= 11 is 0. The van der Waals surface area contributed by atoms with E-state index < -0.39 is 5.67 Å². The van der Waals surface area contributed by atoms with Crippen LogP contribution in [0, 0.1) is 0 Å². The van der Waals surface area contributed by atoms with Crippen molar-refractivity contribution in [2.45, 2.75) is 32.9 Å². The number of aromatic nitrogens is 1. The monoisotopic (exact) mass is 167 g/mol. The van der Waals surface area contributed by atoms with Gasteiger partial charge in [0.25, 0.3) is 0 Å². The van der Waals surface area contributed by atoms with E-state index in [2.05, 4.69) is 4.98 Å². The summed E-state index contributed by atoms with van der Waals surface area (Å²) in [5.74, 6) is 0. The van der Waals surface area contributed by atoms with Crippen LogP contribution in [0.3, 0.4) is 0 Å². The average molecular weight is 167 g/mol. The van der Waals surface area contributed by atoms with Gasteiger partial charge in [0.05, 0.1) is 5.69 Å². The molecule has 66 valence electrons. The van der Waals surface area contributed by atoms with Crippen molar-refractivity contribution in [1.82, 2.24) is 4.98 Å². The summed E-state index contributed by atoms with van der Waals surface area (Å²) in [6, 6.07) is 3.73. The number of halogens is 1. The van der Waals surface area contributed by atoms with Crippen molar-refractivity contribution in [3.8, 4) is 0 Å². The third-order valence-electron chi connectivity index (χ3n) is 1.84. The maximum Gasteiger partial charge on any atom is 0.147 e. The van der Waals surface area contributed by atoms with Crippen LogP contribution in [0.25, 0.3) is 0 Å². The molecule has 0 N–H and O–H groups in total. The van der Waals surface area contributed by atoms with E-state index in [1.165, 1.54) is 13.8 Å². The van der Waals surface area contributed by atoms with E-state index in [-0.39, 0.29) is 0 Å². The summed E-state index contributed by atoms with van der Waals surface area (Å²) in [5.41, 5.74) is 0.318. The fraction of sp³-hybridized carbons (Fsp3) is 0.500. The Morgan fingerprint density at radius 3 is 2.67 bits per heavy atom. The van der Waals surface area contributed by atoms with E-state index in [0.717, 1.165) is 12.0 Å². The van der Waals surface area contributed by atoms with Crippen LogP contribution >= 0.6 is 0 Å². The van der Waals surface area contributed by atoms with Gasteiger partial charge in [-0.2, -0.15) is 0 Å². The number of rotatable bonds is 2. The third-order valence-corrected chi connectivity index (χ3v) is 1.84. The molecule has 2 heteroatoms. The predicted octanol–water partition coefficient (Wildman–Crippen LogP) is 2.85. The van der Waals surface area contributed by atoms with Crippen LogP contribution in [-0.2, 0) is 12.1 Å². The number of pyridine rings is 1. The maximum absolute atomic E-state index is 13.4. The van der Waals surface area contributed by atoms with Gasteiger partial charge in [0.15, 0.2) is 0 Å². The fourth-order valence-electron chi connectivity index (χ4n) is 1.02. The predicted molar refractivity (Wildman–Crippen MR) is 47.7 cm³/mol. The largest absolute Gasteiger partial charge is 0.258 e. The first-order valence-electron chi connectivity index (χ1n) is 4.18. The Morgan fingerprint density at radius 2 is 2.17 bits per heavy atom. The second kappa shape index (κ2) is 3.21. The molecule has 0 aliphatic rings. The smallest absolute Gasteiger partial charge is 0.147 e. The number of hydrogen-bond donors (Lipinski definition) is 0. The van der Waals surface area contributed by atoms with E-state index in [1.54, 1.807) is 6.20 Å². The van der Waals surface area contributed by atoms with Gasteiger partial charge in [0.1, 0.15) is 5.67 Å². The van der Waals surface area contributed by atoms with E-state index >= 15 is 0 Å². The number of aryl methyl sites for hydroxylation is 1. The molecule has 0 saturated carbocycles. The lowest BCUT2D eigenvalue weighted by atomic mass is 10.0. The van der Waals surface area contributed by atoms with Crippen molar-refractivity contribution in [2.75, 3.05) is 0 Å². The van der Waals surface area contributed by atoms with Gasteiger partial charge in [0, 0.05) is 6.20 Å². The molecule has 0 radical (unpaired) electrons. The molecule has 0 spiro atoms. The molecule has 0 aliphatic carbocycles. The van der Waals surface area contributed by atoms with Crippen molar-refractivity contribution in [1.29, 1.82) is 0 Å². The Morgan fingerprint density at radius 1 is 1.50 bits per heavy atom. The number of nitrogens with zero attached hydrogens (tertiary/aromatic N) is 1. The SMILES string of the molecule is CCc1ccnc(C(C)(C)F)c1. The minimum Gasteiger partial charge on any atom is -0.258 e. The quantitative estimate of drug-likeness (QED) is 0.660. The molecule has 1 nitrogen and oxygen atoms in total. The summed E-state index contributed by atoms with van der Waals surface area (Å²) in [6.07, 6.45) is 2.58. The highest BCUT2D eigenvalue weighted by molar-refractivity contribution is 5.19. The first-order valence-corrected chi connectivity index (χ1v) is 4.18. The lowest BCUT2D eigenvalue weighted by Crippen LogP contribution is -2.11. The van der Waals surface area contributed by atoms with Crippen molar-refractivity contribution >= 4 is 0 Å². The molecule has 1 aromatic heterocycles. The zero-order chi connectivity index (χ0) is 9.19. The Hall–Kier alpha value is -0.920. The summed E-state index contributed by atoms with van der Waals surface area (Å²) < 4.78 is 13.4. The van der Waals surface area contributed by atoms with Gasteiger partial charge in [-0.3, -0.25) is 4.98 Å². The molecule has 0 fully saturated rings. The lowest BCUT2D eigenvalue weighted by molar-refractivity contribution is 0.214. The van der Waals surface area contributed by atoms with Crippen LogP contribution in [-0.4, -0.2) is 4.98 Å². The summed E-state index contributed by atoms with van der Waals surface area (Å²) in [6.45, 7) is 5.09. The zero-order valence-electron chi connectivity index (χ0n) is 7.76. The van der Waals surface area contributed by atoms with Crippen molar-refractivity contribution in [2.24, 2.45) is 0 Å². The first kappa shape index (κ1) is 9.17. The Balaban J connectivity index is 3.02.